The smallest absolute Gasteiger partial charge is 0.311 e. The van der Waals surface area contributed by atoms with Crippen molar-refractivity contribution in [3.05, 3.63) is 38.8 Å². The molecule has 1 aliphatic carbocycles. The Morgan fingerprint density at radius 2 is 1.67 bits per heavy atom. The van der Waals surface area contributed by atoms with Gasteiger partial charge in [-0.05, 0) is 62.5 Å². The fourth-order valence-corrected chi connectivity index (χ4v) is 7.01. The van der Waals surface area contributed by atoms with Crippen LogP contribution in [0.4, 0.5) is 0 Å². The van der Waals surface area contributed by atoms with Gasteiger partial charge in [0.2, 0.25) is 0 Å². The molecule has 2 unspecified atom stereocenters. The van der Waals surface area contributed by atoms with Gasteiger partial charge in [0.25, 0.3) is 0 Å². The molecule has 218 valence electrons. The van der Waals surface area contributed by atoms with E-state index in [1.54, 1.807) is 25.6 Å². The minimum absolute atomic E-state index is 0.00742. The van der Waals surface area contributed by atoms with Crippen molar-refractivity contribution >= 4 is 25.6 Å². The van der Waals surface area contributed by atoms with Gasteiger partial charge in [-0.1, -0.05) is 33.6 Å². The Bertz CT molecular complexity index is 1090. The van der Waals surface area contributed by atoms with Crippen molar-refractivity contribution < 1.29 is 28.2 Å². The highest BCUT2D eigenvalue weighted by Crippen LogP contribution is 2.44. The molecule has 9 heteroatoms. The van der Waals surface area contributed by atoms with Crippen molar-refractivity contribution in [2.75, 3.05) is 21.3 Å². The van der Waals surface area contributed by atoms with Crippen molar-refractivity contribution in [1.82, 2.24) is 4.98 Å². The lowest BCUT2D eigenvalue weighted by molar-refractivity contribution is -0.139. The maximum Gasteiger partial charge on any atom is 0.311 e. The number of ether oxygens (including phenoxy) is 4. The second-order valence-corrected chi connectivity index (χ2v) is 18.0. The molecule has 0 bridgehead atoms. The lowest BCUT2D eigenvalue weighted by Gasteiger charge is -2.42. The fourth-order valence-electron chi connectivity index (χ4n) is 4.74. The summed E-state index contributed by atoms with van der Waals surface area (Å²) < 4.78 is 30.5. The van der Waals surface area contributed by atoms with E-state index in [-0.39, 0.29) is 35.7 Å². The summed E-state index contributed by atoms with van der Waals surface area (Å²) in [7, 11) is 2.55. The molecule has 0 N–H and O–H groups in total. The summed E-state index contributed by atoms with van der Waals surface area (Å²) in [4.78, 5) is 17.8. The average Bonchev–Trinajstić information content (AvgIpc) is 3.51. The minimum Gasteiger partial charge on any atom is -0.496 e. The highest BCUT2D eigenvalue weighted by Gasteiger charge is 2.42. The number of carbonyl (C=O) groups excluding carboxylic acids is 1. The summed E-state index contributed by atoms with van der Waals surface area (Å²) in [6, 6.07) is 4.13. The quantitative estimate of drug-likeness (QED) is 0.196. The first-order valence-electron chi connectivity index (χ1n) is 13.9. The van der Waals surface area contributed by atoms with E-state index in [9.17, 15) is 4.79 Å². The standard InChI is InChI=1S/C30H47NO6SSi/c1-19-24(33-6)15-21(16-25(19)34-7)29(37-39(9,10)30(3,4)5)26(36-22-13-11-12-14-22)18-27-31-23(20(2)38-27)17-28(32)35-8/h15-16,22,26,29H,11-14,17-18H2,1-10H3. The SMILES string of the molecule is COC(=O)Cc1nc(CC(OC2CCCC2)C(O[Si](C)(C)C(C)(C)C)c2cc(OC)c(C)c(OC)c2)sc1C. The molecule has 0 radical (unpaired) electrons. The van der Waals surface area contributed by atoms with Gasteiger partial charge in [0, 0.05) is 16.9 Å². The maximum absolute atomic E-state index is 12.0. The first kappa shape index (κ1) is 31.6. The second-order valence-electron chi connectivity index (χ2n) is 12.0. The Morgan fingerprint density at radius 1 is 1.08 bits per heavy atom. The molecular formula is C30H47NO6SSi. The number of methoxy groups -OCH3 is 3. The van der Waals surface area contributed by atoms with Crippen molar-refractivity contribution in [2.24, 2.45) is 0 Å². The molecule has 0 aliphatic heterocycles. The van der Waals surface area contributed by atoms with Crippen LogP contribution in [0.5, 0.6) is 11.5 Å². The van der Waals surface area contributed by atoms with E-state index in [4.69, 9.17) is 28.4 Å². The second kappa shape index (κ2) is 13.1. The highest BCUT2D eigenvalue weighted by molar-refractivity contribution is 7.11. The average molecular weight is 578 g/mol. The molecule has 0 amide bonds. The normalized spacial score (nSPS) is 16.3. The van der Waals surface area contributed by atoms with Crippen LogP contribution in [-0.4, -0.2) is 52.8 Å². The van der Waals surface area contributed by atoms with Gasteiger partial charge in [0.05, 0.1) is 56.8 Å². The number of carbonyl (C=O) groups is 1. The van der Waals surface area contributed by atoms with Crippen LogP contribution in [0.3, 0.4) is 0 Å². The van der Waals surface area contributed by atoms with E-state index in [1.165, 1.54) is 20.0 Å². The number of esters is 1. The summed E-state index contributed by atoms with van der Waals surface area (Å²) >= 11 is 1.61. The number of nitrogens with zero attached hydrogens (tertiary/aromatic N) is 1. The van der Waals surface area contributed by atoms with E-state index in [1.807, 2.05) is 13.8 Å². The van der Waals surface area contributed by atoms with Gasteiger partial charge in [0.1, 0.15) is 11.5 Å². The van der Waals surface area contributed by atoms with Gasteiger partial charge in [-0.3, -0.25) is 4.79 Å². The monoisotopic (exact) mass is 577 g/mol. The third-order valence-corrected chi connectivity index (χ3v) is 13.7. The zero-order valence-corrected chi connectivity index (χ0v) is 27.3. The summed E-state index contributed by atoms with van der Waals surface area (Å²) in [6.45, 7) is 15.3. The molecule has 0 spiro atoms. The zero-order chi connectivity index (χ0) is 29.0. The van der Waals surface area contributed by atoms with Gasteiger partial charge < -0.3 is 23.4 Å². The molecule has 39 heavy (non-hydrogen) atoms. The molecule has 1 saturated carbocycles. The molecule has 2 aromatic rings. The van der Waals surface area contributed by atoms with E-state index in [0.29, 0.717) is 6.42 Å². The fraction of sp³-hybridized carbons (Fsp3) is 0.667. The molecule has 2 atom stereocenters. The van der Waals surface area contributed by atoms with Crippen molar-refractivity contribution in [3.63, 3.8) is 0 Å². The predicted octanol–water partition coefficient (Wildman–Crippen LogP) is 7.13. The molecule has 1 fully saturated rings. The maximum atomic E-state index is 12.0. The summed E-state index contributed by atoms with van der Waals surface area (Å²) in [5.41, 5.74) is 2.69. The molecule has 1 aromatic heterocycles. The molecule has 3 rings (SSSR count). The summed E-state index contributed by atoms with van der Waals surface area (Å²) in [5, 5.41) is 0.942. The number of aromatic nitrogens is 1. The van der Waals surface area contributed by atoms with E-state index in [0.717, 1.165) is 51.0 Å². The van der Waals surface area contributed by atoms with Gasteiger partial charge in [-0.15, -0.1) is 11.3 Å². The van der Waals surface area contributed by atoms with Crippen molar-refractivity contribution in [1.29, 1.82) is 0 Å². The summed E-state index contributed by atoms with van der Waals surface area (Å²) in [5.74, 6) is 1.24. The highest BCUT2D eigenvalue weighted by atomic mass is 32.1. The molecule has 7 nitrogen and oxygen atoms in total. The number of benzene rings is 1. The molecule has 1 heterocycles. The number of thiazole rings is 1. The Balaban J connectivity index is 2.10. The van der Waals surface area contributed by atoms with Crippen molar-refractivity contribution in [2.45, 2.75) is 110 Å². The van der Waals surface area contributed by atoms with E-state index in [2.05, 4.69) is 46.0 Å². The first-order valence-corrected chi connectivity index (χ1v) is 17.6. The van der Waals surface area contributed by atoms with Gasteiger partial charge in [0.15, 0.2) is 8.32 Å². The Kier molecular flexibility index (Phi) is 10.6. The van der Waals surface area contributed by atoms with Crippen LogP contribution in [0.1, 0.15) is 79.3 Å². The zero-order valence-electron chi connectivity index (χ0n) is 25.4. The largest absolute Gasteiger partial charge is 0.496 e. The lowest BCUT2D eigenvalue weighted by atomic mass is 9.99. The predicted molar refractivity (Wildman–Crippen MR) is 159 cm³/mol. The van der Waals surface area contributed by atoms with E-state index < -0.39 is 8.32 Å². The molecule has 1 aliphatic rings. The number of rotatable bonds is 12. The van der Waals surface area contributed by atoms with Crippen LogP contribution in [0.25, 0.3) is 0 Å². The third-order valence-electron chi connectivity index (χ3n) is 8.19. The van der Waals surface area contributed by atoms with Crippen LogP contribution in [0.15, 0.2) is 12.1 Å². The number of aryl methyl sites for hydroxylation is 1. The molecule has 1 aromatic carbocycles. The van der Waals surface area contributed by atoms with Gasteiger partial charge >= 0.3 is 5.97 Å². The number of hydrogen-bond donors (Lipinski definition) is 0. The topological polar surface area (TPSA) is 76.1 Å². The van der Waals surface area contributed by atoms with Crippen LogP contribution >= 0.6 is 11.3 Å². The first-order chi connectivity index (χ1) is 18.3. The van der Waals surface area contributed by atoms with Crippen LogP contribution in [0, 0.1) is 13.8 Å². The Hall–Kier alpha value is -1.94. The lowest BCUT2D eigenvalue weighted by Crippen LogP contribution is -2.45. The molecule has 0 saturated heterocycles. The van der Waals surface area contributed by atoms with E-state index >= 15 is 0 Å². The third kappa shape index (κ3) is 7.84. The summed E-state index contributed by atoms with van der Waals surface area (Å²) in [6.07, 6.45) is 4.78. The van der Waals surface area contributed by atoms with Gasteiger partial charge in [-0.25, -0.2) is 4.98 Å². The van der Waals surface area contributed by atoms with Crippen LogP contribution < -0.4 is 9.47 Å². The van der Waals surface area contributed by atoms with Crippen LogP contribution in [-0.2, 0) is 31.5 Å². The Labute approximate surface area is 239 Å². The van der Waals surface area contributed by atoms with Crippen LogP contribution in [0.2, 0.25) is 18.1 Å². The Morgan fingerprint density at radius 3 is 2.18 bits per heavy atom. The molecular weight excluding hydrogens is 530 g/mol. The number of hydrogen-bond acceptors (Lipinski definition) is 8. The minimum atomic E-state index is -2.23. The van der Waals surface area contributed by atoms with Gasteiger partial charge in [-0.2, -0.15) is 0 Å². The van der Waals surface area contributed by atoms with Crippen molar-refractivity contribution in [3.8, 4) is 11.5 Å².